The molecule has 0 aliphatic carbocycles. The number of carbonyl (C=O) groups excluding carboxylic acids is 2. The lowest BCUT2D eigenvalue weighted by Gasteiger charge is -2.07. The number of hydrogen-bond acceptors (Lipinski definition) is 4. The summed E-state index contributed by atoms with van der Waals surface area (Å²) in [6, 6.07) is 9.57. The molecule has 6 nitrogen and oxygen atoms in total. The predicted molar refractivity (Wildman–Crippen MR) is 78.3 cm³/mol. The van der Waals surface area contributed by atoms with Crippen LogP contribution in [0, 0.1) is 0 Å². The van der Waals surface area contributed by atoms with Crippen molar-refractivity contribution in [3.8, 4) is 5.75 Å². The molecule has 0 unspecified atom stereocenters. The number of amides is 2. The summed E-state index contributed by atoms with van der Waals surface area (Å²) in [7, 11) is 0. The van der Waals surface area contributed by atoms with Gasteiger partial charge in [0.2, 0.25) is 0 Å². The number of ether oxygens (including phenoxy) is 1. The number of carbonyl (C=O) groups is 2. The third-order valence-electron chi connectivity index (χ3n) is 2.45. The molecule has 7 heteroatoms. The van der Waals surface area contributed by atoms with Crippen LogP contribution >= 0.6 is 11.6 Å². The number of pyridine rings is 1. The van der Waals surface area contributed by atoms with E-state index in [1.807, 2.05) is 0 Å². The molecule has 2 aromatic rings. The minimum Gasteiger partial charge on any atom is -0.484 e. The third-order valence-corrected chi connectivity index (χ3v) is 2.68. The molecule has 0 atom stereocenters. The fraction of sp³-hybridized carbons (Fsp3) is 0.0714. The fourth-order valence-electron chi connectivity index (χ4n) is 1.51. The van der Waals surface area contributed by atoms with Gasteiger partial charge in [0.05, 0.1) is 0 Å². The average molecular weight is 306 g/mol. The van der Waals surface area contributed by atoms with Gasteiger partial charge in [-0.1, -0.05) is 11.6 Å². The largest absolute Gasteiger partial charge is 0.484 e. The monoisotopic (exact) mass is 305 g/mol. The Morgan fingerprint density at radius 2 is 1.95 bits per heavy atom. The topological polar surface area (TPSA) is 94.3 Å². The number of primary amides is 1. The lowest BCUT2D eigenvalue weighted by molar-refractivity contribution is -0.119. The Morgan fingerprint density at radius 3 is 2.57 bits per heavy atom. The van der Waals surface area contributed by atoms with Gasteiger partial charge in [-0.25, -0.2) is 0 Å². The number of rotatable bonds is 5. The van der Waals surface area contributed by atoms with E-state index in [4.69, 9.17) is 22.1 Å². The molecule has 2 amide bonds. The Morgan fingerprint density at radius 1 is 1.24 bits per heavy atom. The van der Waals surface area contributed by atoms with Crippen LogP contribution in [0.5, 0.6) is 5.75 Å². The predicted octanol–water partition coefficient (Wildman–Crippen LogP) is 1.85. The van der Waals surface area contributed by atoms with Gasteiger partial charge in [-0.15, -0.1) is 0 Å². The second-order valence-electron chi connectivity index (χ2n) is 4.09. The first-order chi connectivity index (χ1) is 10.0. The van der Waals surface area contributed by atoms with Crippen molar-refractivity contribution in [1.82, 2.24) is 4.98 Å². The Hall–Kier alpha value is -2.60. The first-order valence-corrected chi connectivity index (χ1v) is 6.36. The number of benzene rings is 1. The Bertz CT molecular complexity index is 659. The van der Waals surface area contributed by atoms with E-state index in [0.717, 1.165) is 0 Å². The molecule has 3 N–H and O–H groups in total. The number of anilines is 1. The maximum Gasteiger partial charge on any atom is 0.274 e. The molecule has 0 radical (unpaired) electrons. The molecule has 0 aliphatic heterocycles. The molecule has 0 fully saturated rings. The summed E-state index contributed by atoms with van der Waals surface area (Å²) in [4.78, 5) is 26.5. The van der Waals surface area contributed by atoms with Crippen molar-refractivity contribution in [2.45, 2.75) is 0 Å². The minimum atomic E-state index is -0.556. The summed E-state index contributed by atoms with van der Waals surface area (Å²) in [6.45, 7) is -0.196. The summed E-state index contributed by atoms with van der Waals surface area (Å²) in [5.41, 5.74) is 5.76. The third kappa shape index (κ3) is 4.47. The maximum absolute atomic E-state index is 11.9. The normalized spacial score (nSPS) is 9.95. The molecule has 1 heterocycles. The maximum atomic E-state index is 11.9. The Kier molecular flexibility index (Phi) is 4.73. The molecule has 2 rings (SSSR count). The summed E-state index contributed by atoms with van der Waals surface area (Å²) >= 11 is 5.80. The molecule has 0 saturated carbocycles. The van der Waals surface area contributed by atoms with Crippen LogP contribution in [0.15, 0.2) is 42.6 Å². The van der Waals surface area contributed by atoms with Gasteiger partial charge in [0.25, 0.3) is 11.8 Å². The van der Waals surface area contributed by atoms with E-state index >= 15 is 0 Å². The Labute approximate surface area is 125 Å². The second-order valence-corrected chi connectivity index (χ2v) is 4.53. The smallest absolute Gasteiger partial charge is 0.274 e. The summed E-state index contributed by atoms with van der Waals surface area (Å²) < 4.78 is 5.11. The summed E-state index contributed by atoms with van der Waals surface area (Å²) in [5.74, 6) is -0.449. The van der Waals surface area contributed by atoms with Crippen molar-refractivity contribution in [1.29, 1.82) is 0 Å². The van der Waals surface area contributed by atoms with Crippen molar-refractivity contribution in [3.05, 3.63) is 53.3 Å². The van der Waals surface area contributed by atoms with E-state index in [1.54, 1.807) is 30.3 Å². The quantitative estimate of drug-likeness (QED) is 0.881. The first kappa shape index (κ1) is 14.8. The number of nitrogens with two attached hydrogens (primary N) is 1. The second kappa shape index (κ2) is 6.71. The highest BCUT2D eigenvalue weighted by Crippen LogP contribution is 2.16. The van der Waals surface area contributed by atoms with Crippen LogP contribution in [0.4, 0.5) is 5.69 Å². The van der Waals surface area contributed by atoms with Gasteiger partial charge in [0.15, 0.2) is 6.61 Å². The van der Waals surface area contributed by atoms with Gasteiger partial charge in [-0.3, -0.25) is 14.6 Å². The average Bonchev–Trinajstić information content (AvgIpc) is 2.46. The van der Waals surface area contributed by atoms with Crippen LogP contribution in [0.3, 0.4) is 0 Å². The van der Waals surface area contributed by atoms with Crippen molar-refractivity contribution in [3.63, 3.8) is 0 Å². The first-order valence-electron chi connectivity index (χ1n) is 5.98. The zero-order chi connectivity index (χ0) is 15.2. The molecular formula is C14H12ClN3O3. The summed E-state index contributed by atoms with van der Waals surface area (Å²) in [6.07, 6.45) is 1.46. The fourth-order valence-corrected chi connectivity index (χ4v) is 1.67. The van der Waals surface area contributed by atoms with Crippen LogP contribution in [0.25, 0.3) is 0 Å². The molecule has 0 saturated heterocycles. The van der Waals surface area contributed by atoms with Crippen LogP contribution < -0.4 is 15.8 Å². The van der Waals surface area contributed by atoms with E-state index in [2.05, 4.69) is 10.3 Å². The zero-order valence-corrected chi connectivity index (χ0v) is 11.6. The van der Waals surface area contributed by atoms with Gasteiger partial charge in [0.1, 0.15) is 11.4 Å². The van der Waals surface area contributed by atoms with Crippen molar-refractivity contribution in [2.75, 3.05) is 11.9 Å². The number of halogens is 1. The molecular weight excluding hydrogens is 294 g/mol. The number of hydrogen-bond donors (Lipinski definition) is 2. The van der Waals surface area contributed by atoms with Gasteiger partial charge < -0.3 is 15.8 Å². The zero-order valence-electron chi connectivity index (χ0n) is 10.9. The highest BCUT2D eigenvalue weighted by atomic mass is 35.5. The SMILES string of the molecule is NC(=O)COc1ccc(NC(=O)c2cc(Cl)ccn2)cc1. The van der Waals surface area contributed by atoms with Crippen molar-refractivity contribution < 1.29 is 14.3 Å². The van der Waals surface area contributed by atoms with Crippen LogP contribution in [-0.4, -0.2) is 23.4 Å². The van der Waals surface area contributed by atoms with Gasteiger partial charge in [-0.2, -0.15) is 0 Å². The molecule has 0 bridgehead atoms. The van der Waals surface area contributed by atoms with Crippen LogP contribution in [0.1, 0.15) is 10.5 Å². The van der Waals surface area contributed by atoms with E-state index in [0.29, 0.717) is 16.5 Å². The number of aromatic nitrogens is 1. The molecule has 1 aromatic carbocycles. The van der Waals surface area contributed by atoms with E-state index in [-0.39, 0.29) is 18.2 Å². The summed E-state index contributed by atoms with van der Waals surface area (Å²) in [5, 5.41) is 3.11. The standard InChI is InChI=1S/C14H12ClN3O3/c15-9-5-6-17-12(7-9)14(20)18-10-1-3-11(4-2-10)21-8-13(16)19/h1-7H,8H2,(H2,16,19)(H,18,20). The Balaban J connectivity index is 2.00. The minimum absolute atomic E-state index is 0.196. The molecule has 108 valence electrons. The van der Waals surface area contributed by atoms with Gasteiger partial charge in [0, 0.05) is 16.9 Å². The van der Waals surface area contributed by atoms with E-state index in [1.165, 1.54) is 12.3 Å². The van der Waals surface area contributed by atoms with Gasteiger partial charge in [-0.05, 0) is 36.4 Å². The number of nitrogens with one attached hydrogen (secondary N) is 1. The molecule has 0 spiro atoms. The molecule has 21 heavy (non-hydrogen) atoms. The van der Waals surface area contributed by atoms with Crippen LogP contribution in [-0.2, 0) is 4.79 Å². The van der Waals surface area contributed by atoms with Crippen molar-refractivity contribution in [2.24, 2.45) is 5.73 Å². The number of nitrogens with zero attached hydrogens (tertiary/aromatic N) is 1. The van der Waals surface area contributed by atoms with Crippen molar-refractivity contribution >= 4 is 29.1 Å². The molecule has 0 aliphatic rings. The highest BCUT2D eigenvalue weighted by Gasteiger charge is 2.08. The molecule has 1 aromatic heterocycles. The van der Waals surface area contributed by atoms with Gasteiger partial charge >= 0.3 is 0 Å². The van der Waals surface area contributed by atoms with Crippen LogP contribution in [0.2, 0.25) is 5.02 Å². The lowest BCUT2D eigenvalue weighted by Crippen LogP contribution is -2.20. The highest BCUT2D eigenvalue weighted by molar-refractivity contribution is 6.30. The lowest BCUT2D eigenvalue weighted by atomic mass is 10.3. The van der Waals surface area contributed by atoms with E-state index in [9.17, 15) is 9.59 Å². The van der Waals surface area contributed by atoms with E-state index < -0.39 is 5.91 Å².